The number of amides is 2. The number of benzene rings is 1. The van der Waals surface area contributed by atoms with Crippen molar-refractivity contribution in [1.82, 2.24) is 10.2 Å². The van der Waals surface area contributed by atoms with Crippen LogP contribution in [-0.4, -0.2) is 36.0 Å². The number of alkyl carbamates (subject to hydrolysis) is 1. The summed E-state index contributed by atoms with van der Waals surface area (Å²) in [5.41, 5.74) is 0.933. The van der Waals surface area contributed by atoms with E-state index in [9.17, 15) is 9.59 Å². The van der Waals surface area contributed by atoms with Crippen molar-refractivity contribution in [1.29, 1.82) is 0 Å². The average molecular weight is 397 g/mol. The van der Waals surface area contributed by atoms with Crippen LogP contribution in [0.5, 0.6) is 0 Å². The zero-order valence-electron chi connectivity index (χ0n) is 17.1. The number of carbonyl (C=O) groups is 2. The largest absolute Gasteiger partial charge is 0.445 e. The molecule has 0 atom stereocenters. The van der Waals surface area contributed by atoms with E-state index in [4.69, 9.17) is 4.74 Å². The Morgan fingerprint density at radius 3 is 2.14 bits per heavy atom. The Bertz CT molecular complexity index is 719. The molecule has 5 fully saturated rings. The Morgan fingerprint density at radius 1 is 0.966 bits per heavy atom. The number of likely N-dealkylation sites (tertiary alicyclic amines) is 1. The third-order valence-electron chi connectivity index (χ3n) is 7.81. The predicted molar refractivity (Wildman–Crippen MR) is 110 cm³/mol. The van der Waals surface area contributed by atoms with Gasteiger partial charge in [-0.3, -0.25) is 4.79 Å². The van der Waals surface area contributed by atoms with E-state index in [1.807, 2.05) is 30.3 Å². The first-order valence-corrected chi connectivity index (χ1v) is 11.4. The maximum absolute atomic E-state index is 13.5. The number of carbonyl (C=O) groups excluding carboxylic acids is 2. The lowest BCUT2D eigenvalue weighted by Crippen LogP contribution is -2.56. The molecule has 0 spiro atoms. The fourth-order valence-electron chi connectivity index (χ4n) is 6.87. The van der Waals surface area contributed by atoms with Gasteiger partial charge in [0.1, 0.15) is 6.61 Å². The number of piperidine rings is 1. The molecule has 0 unspecified atom stereocenters. The average Bonchev–Trinajstić information content (AvgIpc) is 2.72. The van der Waals surface area contributed by atoms with Gasteiger partial charge < -0.3 is 15.0 Å². The molecule has 29 heavy (non-hydrogen) atoms. The summed E-state index contributed by atoms with van der Waals surface area (Å²) in [5, 5.41) is 2.98. The Hall–Kier alpha value is -2.04. The van der Waals surface area contributed by atoms with Crippen LogP contribution in [0.15, 0.2) is 30.3 Å². The van der Waals surface area contributed by atoms with Crippen LogP contribution in [0.3, 0.4) is 0 Å². The van der Waals surface area contributed by atoms with Gasteiger partial charge in [-0.05, 0) is 74.7 Å². The maximum Gasteiger partial charge on any atom is 0.407 e. The number of hydrogen-bond acceptors (Lipinski definition) is 3. The summed E-state index contributed by atoms with van der Waals surface area (Å²) in [7, 11) is 0. The molecule has 5 heteroatoms. The van der Waals surface area contributed by atoms with Gasteiger partial charge in [0.2, 0.25) is 5.91 Å². The minimum Gasteiger partial charge on any atom is -0.445 e. The highest BCUT2D eigenvalue weighted by Crippen LogP contribution is 2.60. The summed E-state index contributed by atoms with van der Waals surface area (Å²) in [6.45, 7) is 1.80. The van der Waals surface area contributed by atoms with Gasteiger partial charge in [0.25, 0.3) is 0 Å². The fraction of sp³-hybridized carbons (Fsp3) is 0.667. The molecule has 6 rings (SSSR count). The SMILES string of the molecule is O=C(NC1CCN(C(=O)C23CC4CC(CC(C4)C2)C3)CC1)OCc1ccccc1. The van der Waals surface area contributed by atoms with E-state index < -0.39 is 0 Å². The third-order valence-corrected chi connectivity index (χ3v) is 7.81. The third kappa shape index (κ3) is 3.88. The second kappa shape index (κ2) is 7.66. The minimum absolute atomic E-state index is 0.0520. The van der Waals surface area contributed by atoms with Crippen LogP contribution in [0.2, 0.25) is 0 Å². The highest BCUT2D eigenvalue weighted by atomic mass is 16.5. The topological polar surface area (TPSA) is 58.6 Å². The molecule has 1 aliphatic heterocycles. The van der Waals surface area contributed by atoms with Gasteiger partial charge in [0, 0.05) is 19.1 Å². The number of rotatable bonds is 4. The summed E-state index contributed by atoms with van der Waals surface area (Å²) in [6, 6.07) is 9.81. The number of hydrogen-bond donors (Lipinski definition) is 1. The van der Waals surface area contributed by atoms with Crippen molar-refractivity contribution in [2.75, 3.05) is 13.1 Å². The molecule has 156 valence electrons. The molecule has 0 aromatic heterocycles. The second-order valence-corrected chi connectivity index (χ2v) is 9.97. The molecule has 0 radical (unpaired) electrons. The molecule has 2 amide bonds. The van der Waals surface area contributed by atoms with Crippen molar-refractivity contribution < 1.29 is 14.3 Å². The van der Waals surface area contributed by atoms with E-state index in [1.54, 1.807) is 0 Å². The first-order valence-electron chi connectivity index (χ1n) is 11.4. The van der Waals surface area contributed by atoms with Crippen LogP contribution in [0, 0.1) is 23.2 Å². The van der Waals surface area contributed by atoms with Gasteiger partial charge in [-0.2, -0.15) is 0 Å². The van der Waals surface area contributed by atoms with Gasteiger partial charge in [0.15, 0.2) is 0 Å². The van der Waals surface area contributed by atoms with Crippen molar-refractivity contribution in [3.05, 3.63) is 35.9 Å². The molecule has 1 aromatic carbocycles. The van der Waals surface area contributed by atoms with Crippen LogP contribution in [-0.2, 0) is 16.1 Å². The lowest BCUT2D eigenvalue weighted by Gasteiger charge is -2.57. The quantitative estimate of drug-likeness (QED) is 0.833. The van der Waals surface area contributed by atoms with Crippen molar-refractivity contribution in [3.63, 3.8) is 0 Å². The first kappa shape index (κ1) is 19.0. The first-order chi connectivity index (χ1) is 14.1. The van der Waals surface area contributed by atoms with Crippen LogP contribution < -0.4 is 5.32 Å². The molecule has 1 N–H and O–H groups in total. The Kier molecular flexibility index (Phi) is 5.00. The van der Waals surface area contributed by atoms with Crippen molar-refractivity contribution >= 4 is 12.0 Å². The minimum atomic E-state index is -0.361. The van der Waals surface area contributed by atoms with Crippen molar-refractivity contribution in [2.24, 2.45) is 23.2 Å². The molecule has 5 aliphatic rings. The highest BCUT2D eigenvalue weighted by molar-refractivity contribution is 5.83. The lowest BCUT2D eigenvalue weighted by atomic mass is 9.49. The smallest absolute Gasteiger partial charge is 0.407 e. The predicted octanol–water partition coefficient (Wildman–Crippen LogP) is 4.12. The van der Waals surface area contributed by atoms with E-state index >= 15 is 0 Å². The molecule has 4 saturated carbocycles. The van der Waals surface area contributed by atoms with Gasteiger partial charge in [-0.1, -0.05) is 30.3 Å². The van der Waals surface area contributed by atoms with Gasteiger partial charge in [-0.25, -0.2) is 4.79 Å². The molecule has 4 aliphatic carbocycles. The lowest BCUT2D eigenvalue weighted by molar-refractivity contribution is -0.158. The standard InChI is InChI=1S/C24H32N2O3/c27-22(24-13-18-10-19(14-24)12-20(11-18)15-24)26-8-6-21(7-9-26)25-23(28)29-16-17-4-2-1-3-5-17/h1-5,18-21H,6-16H2,(H,25,28). The Balaban J connectivity index is 1.10. The van der Waals surface area contributed by atoms with E-state index in [1.165, 1.54) is 19.3 Å². The summed E-state index contributed by atoms with van der Waals surface area (Å²) in [6.07, 6.45) is 8.75. The summed E-state index contributed by atoms with van der Waals surface area (Å²) in [5.74, 6) is 2.80. The van der Waals surface area contributed by atoms with Gasteiger partial charge in [-0.15, -0.1) is 0 Å². The Labute approximate surface area is 173 Å². The summed E-state index contributed by atoms with van der Waals surface area (Å²) in [4.78, 5) is 27.7. The second-order valence-electron chi connectivity index (χ2n) is 9.97. The monoisotopic (exact) mass is 396 g/mol. The molecule has 5 nitrogen and oxygen atoms in total. The van der Waals surface area contributed by atoms with Crippen LogP contribution in [0.1, 0.15) is 56.9 Å². The van der Waals surface area contributed by atoms with Crippen LogP contribution >= 0.6 is 0 Å². The van der Waals surface area contributed by atoms with Crippen LogP contribution in [0.25, 0.3) is 0 Å². The number of ether oxygens (including phenoxy) is 1. The molecule has 1 heterocycles. The molecule has 4 bridgehead atoms. The normalized spacial score (nSPS) is 33.5. The van der Waals surface area contributed by atoms with Gasteiger partial charge >= 0.3 is 6.09 Å². The molecular weight excluding hydrogens is 364 g/mol. The van der Waals surface area contributed by atoms with Crippen molar-refractivity contribution in [3.8, 4) is 0 Å². The van der Waals surface area contributed by atoms with E-state index in [-0.39, 0.29) is 24.2 Å². The number of nitrogens with zero attached hydrogens (tertiary/aromatic N) is 1. The molecule has 1 saturated heterocycles. The molecular formula is C24H32N2O3. The maximum atomic E-state index is 13.5. The van der Waals surface area contributed by atoms with E-state index in [2.05, 4.69) is 10.2 Å². The van der Waals surface area contributed by atoms with E-state index in [0.717, 1.165) is 68.5 Å². The summed E-state index contributed by atoms with van der Waals surface area (Å²) < 4.78 is 5.34. The van der Waals surface area contributed by atoms with Crippen LogP contribution in [0.4, 0.5) is 4.79 Å². The van der Waals surface area contributed by atoms with Gasteiger partial charge in [0.05, 0.1) is 5.41 Å². The fourth-order valence-corrected chi connectivity index (χ4v) is 6.87. The summed E-state index contributed by atoms with van der Waals surface area (Å²) >= 11 is 0. The highest BCUT2D eigenvalue weighted by Gasteiger charge is 2.55. The zero-order chi connectivity index (χ0) is 19.8. The van der Waals surface area contributed by atoms with Crippen molar-refractivity contribution in [2.45, 2.75) is 64.0 Å². The zero-order valence-corrected chi connectivity index (χ0v) is 17.1. The van der Waals surface area contributed by atoms with E-state index in [0.29, 0.717) is 5.91 Å². The Morgan fingerprint density at radius 2 is 1.55 bits per heavy atom. The number of nitrogens with one attached hydrogen (secondary N) is 1. The molecule has 1 aromatic rings.